The summed E-state index contributed by atoms with van der Waals surface area (Å²) in [6.45, 7) is 0. The SMILES string of the molecule is N#CC(C(=O)C(=O)C(C#N)c1cccc(C(F)(F)F)c1)c1ccccc1. The molecule has 4 nitrogen and oxygen atoms in total. The molecule has 0 aliphatic rings. The van der Waals surface area contributed by atoms with Crippen molar-refractivity contribution in [1.29, 1.82) is 10.5 Å². The normalized spacial score (nSPS) is 13.1. The molecular weight excluding hydrogens is 345 g/mol. The first-order valence-corrected chi connectivity index (χ1v) is 7.39. The quantitative estimate of drug-likeness (QED) is 0.764. The monoisotopic (exact) mass is 356 g/mol. The largest absolute Gasteiger partial charge is 0.416 e. The average molecular weight is 356 g/mol. The van der Waals surface area contributed by atoms with Gasteiger partial charge in [0.15, 0.2) is 0 Å². The van der Waals surface area contributed by atoms with Gasteiger partial charge < -0.3 is 0 Å². The molecule has 0 aliphatic heterocycles. The lowest BCUT2D eigenvalue weighted by molar-refractivity contribution is -0.138. The summed E-state index contributed by atoms with van der Waals surface area (Å²) in [7, 11) is 0. The molecule has 2 aromatic carbocycles. The van der Waals surface area contributed by atoms with Crippen LogP contribution in [0.4, 0.5) is 13.2 Å². The Morgan fingerprint density at radius 3 is 1.81 bits per heavy atom. The van der Waals surface area contributed by atoms with Crippen molar-refractivity contribution < 1.29 is 22.8 Å². The number of nitrogens with zero attached hydrogens (tertiary/aromatic N) is 2. The minimum Gasteiger partial charge on any atom is -0.289 e. The van der Waals surface area contributed by atoms with E-state index in [9.17, 15) is 33.3 Å². The predicted molar refractivity (Wildman–Crippen MR) is 84.6 cm³/mol. The second-order valence-corrected chi connectivity index (χ2v) is 5.39. The number of hydrogen-bond acceptors (Lipinski definition) is 4. The van der Waals surface area contributed by atoms with E-state index in [0.29, 0.717) is 6.07 Å². The fourth-order valence-corrected chi connectivity index (χ4v) is 2.39. The van der Waals surface area contributed by atoms with Gasteiger partial charge in [-0.15, -0.1) is 0 Å². The molecule has 0 fully saturated rings. The van der Waals surface area contributed by atoms with Crippen molar-refractivity contribution >= 4 is 11.6 Å². The Morgan fingerprint density at radius 2 is 1.31 bits per heavy atom. The van der Waals surface area contributed by atoms with Crippen molar-refractivity contribution in [3.8, 4) is 12.1 Å². The fourth-order valence-electron chi connectivity index (χ4n) is 2.39. The summed E-state index contributed by atoms with van der Waals surface area (Å²) in [5.74, 6) is -5.50. The Balaban J connectivity index is 2.36. The molecule has 0 spiro atoms. The molecule has 0 aromatic heterocycles. The summed E-state index contributed by atoms with van der Waals surface area (Å²) >= 11 is 0. The summed E-state index contributed by atoms with van der Waals surface area (Å²) in [6, 6.07) is 14.7. The maximum Gasteiger partial charge on any atom is 0.416 e. The number of nitriles is 2. The van der Waals surface area contributed by atoms with Crippen LogP contribution in [0, 0.1) is 22.7 Å². The summed E-state index contributed by atoms with van der Waals surface area (Å²) in [5, 5.41) is 18.5. The van der Waals surface area contributed by atoms with Crippen LogP contribution in [-0.2, 0) is 15.8 Å². The van der Waals surface area contributed by atoms with Crippen molar-refractivity contribution in [2.24, 2.45) is 0 Å². The van der Waals surface area contributed by atoms with Gasteiger partial charge in [-0.3, -0.25) is 9.59 Å². The minimum absolute atomic E-state index is 0.245. The van der Waals surface area contributed by atoms with Crippen LogP contribution in [0.2, 0.25) is 0 Å². The van der Waals surface area contributed by atoms with E-state index in [1.165, 1.54) is 12.1 Å². The molecule has 0 radical (unpaired) electrons. The van der Waals surface area contributed by atoms with Gasteiger partial charge in [0.25, 0.3) is 0 Å². The van der Waals surface area contributed by atoms with Crippen molar-refractivity contribution in [3.63, 3.8) is 0 Å². The molecular formula is C19H11F3N2O2. The molecule has 2 atom stereocenters. The Kier molecular flexibility index (Phi) is 5.54. The van der Waals surface area contributed by atoms with Crippen LogP contribution in [0.3, 0.4) is 0 Å². The molecule has 2 rings (SSSR count). The van der Waals surface area contributed by atoms with Crippen LogP contribution in [0.25, 0.3) is 0 Å². The van der Waals surface area contributed by atoms with E-state index < -0.39 is 35.1 Å². The number of rotatable bonds is 5. The smallest absolute Gasteiger partial charge is 0.289 e. The van der Waals surface area contributed by atoms with Crippen LogP contribution in [0.15, 0.2) is 54.6 Å². The Morgan fingerprint density at radius 1 is 0.808 bits per heavy atom. The molecule has 7 heteroatoms. The Bertz CT molecular complexity index is 909. The van der Waals surface area contributed by atoms with Gasteiger partial charge in [0.2, 0.25) is 11.6 Å². The highest BCUT2D eigenvalue weighted by Crippen LogP contribution is 2.31. The Hall–Kier alpha value is -3.45. The highest BCUT2D eigenvalue weighted by Gasteiger charge is 2.35. The summed E-state index contributed by atoms with van der Waals surface area (Å²) < 4.78 is 38.5. The van der Waals surface area contributed by atoms with Gasteiger partial charge in [0.1, 0.15) is 11.8 Å². The van der Waals surface area contributed by atoms with Crippen LogP contribution in [0.1, 0.15) is 28.5 Å². The number of hydrogen-bond donors (Lipinski definition) is 0. The predicted octanol–water partition coefficient (Wildman–Crippen LogP) is 3.76. The van der Waals surface area contributed by atoms with Gasteiger partial charge in [-0.05, 0) is 17.2 Å². The zero-order valence-electron chi connectivity index (χ0n) is 13.2. The van der Waals surface area contributed by atoms with Crippen molar-refractivity contribution in [3.05, 3.63) is 71.3 Å². The number of alkyl halides is 3. The lowest BCUT2D eigenvalue weighted by Crippen LogP contribution is -2.26. The van der Waals surface area contributed by atoms with E-state index in [-0.39, 0.29) is 11.1 Å². The van der Waals surface area contributed by atoms with E-state index in [1.807, 2.05) is 0 Å². The molecule has 0 amide bonds. The summed E-state index contributed by atoms with van der Waals surface area (Å²) in [4.78, 5) is 24.8. The number of Topliss-reactive ketones (excluding diaryl/α,β-unsaturated/α-hetero) is 2. The molecule has 2 unspecified atom stereocenters. The van der Waals surface area contributed by atoms with Gasteiger partial charge in [-0.1, -0.05) is 48.5 Å². The molecule has 130 valence electrons. The number of ketones is 2. The molecule has 2 aromatic rings. The molecule has 0 N–H and O–H groups in total. The number of carbonyl (C=O) groups excluding carboxylic acids is 2. The highest BCUT2D eigenvalue weighted by atomic mass is 19.4. The highest BCUT2D eigenvalue weighted by molar-refractivity contribution is 6.42. The van der Waals surface area contributed by atoms with Crippen LogP contribution in [0.5, 0.6) is 0 Å². The van der Waals surface area contributed by atoms with Gasteiger partial charge >= 0.3 is 6.18 Å². The third-order valence-electron chi connectivity index (χ3n) is 3.71. The van der Waals surface area contributed by atoms with Gasteiger partial charge in [0, 0.05) is 0 Å². The first-order chi connectivity index (χ1) is 12.3. The molecule has 0 saturated carbocycles. The lowest BCUT2D eigenvalue weighted by atomic mass is 9.86. The zero-order chi connectivity index (χ0) is 19.3. The third-order valence-corrected chi connectivity index (χ3v) is 3.71. The maximum atomic E-state index is 12.8. The average Bonchev–Trinajstić information content (AvgIpc) is 2.63. The summed E-state index contributed by atoms with van der Waals surface area (Å²) in [5.41, 5.74) is -1.00. The van der Waals surface area contributed by atoms with E-state index in [2.05, 4.69) is 0 Å². The van der Waals surface area contributed by atoms with Crippen molar-refractivity contribution in [1.82, 2.24) is 0 Å². The van der Waals surface area contributed by atoms with Crippen LogP contribution >= 0.6 is 0 Å². The maximum absolute atomic E-state index is 12.8. The minimum atomic E-state index is -4.65. The second kappa shape index (κ2) is 7.62. The van der Waals surface area contributed by atoms with Gasteiger partial charge in [-0.2, -0.15) is 23.7 Å². The first kappa shape index (κ1) is 18.9. The fraction of sp³-hybridized carbons (Fsp3) is 0.158. The topological polar surface area (TPSA) is 81.7 Å². The van der Waals surface area contributed by atoms with E-state index >= 15 is 0 Å². The van der Waals surface area contributed by atoms with Gasteiger partial charge in [0.05, 0.1) is 17.7 Å². The third kappa shape index (κ3) is 3.96. The number of benzene rings is 2. The van der Waals surface area contributed by atoms with Gasteiger partial charge in [-0.25, -0.2) is 0 Å². The standard InChI is InChI=1S/C19H11F3N2O2/c20-19(21,22)14-8-4-7-13(9-14)16(11-24)18(26)17(25)15(10-23)12-5-2-1-3-6-12/h1-9,15-16H. The molecule has 0 heterocycles. The zero-order valence-corrected chi connectivity index (χ0v) is 13.2. The van der Waals surface area contributed by atoms with E-state index in [0.717, 1.165) is 18.2 Å². The first-order valence-electron chi connectivity index (χ1n) is 7.39. The lowest BCUT2D eigenvalue weighted by Gasteiger charge is -2.13. The molecule has 26 heavy (non-hydrogen) atoms. The van der Waals surface area contributed by atoms with E-state index in [1.54, 1.807) is 30.3 Å². The van der Waals surface area contributed by atoms with E-state index in [4.69, 9.17) is 0 Å². The van der Waals surface area contributed by atoms with Crippen LogP contribution in [-0.4, -0.2) is 11.6 Å². The number of halogens is 3. The Labute approximate surface area is 147 Å². The number of carbonyl (C=O) groups is 2. The molecule has 0 aliphatic carbocycles. The molecule has 0 saturated heterocycles. The summed E-state index contributed by atoms with van der Waals surface area (Å²) in [6.07, 6.45) is -4.65. The van der Waals surface area contributed by atoms with Crippen LogP contribution < -0.4 is 0 Å². The molecule has 0 bridgehead atoms. The second-order valence-electron chi connectivity index (χ2n) is 5.39. The van der Waals surface area contributed by atoms with Crippen molar-refractivity contribution in [2.45, 2.75) is 18.0 Å². The van der Waals surface area contributed by atoms with Crippen molar-refractivity contribution in [2.75, 3.05) is 0 Å².